The summed E-state index contributed by atoms with van der Waals surface area (Å²) in [5.41, 5.74) is 2.13. The van der Waals surface area contributed by atoms with Crippen LogP contribution in [0, 0.1) is 6.92 Å². The van der Waals surface area contributed by atoms with Crippen molar-refractivity contribution in [3.05, 3.63) is 59.2 Å². The van der Waals surface area contributed by atoms with Gasteiger partial charge in [-0.05, 0) is 30.7 Å². The van der Waals surface area contributed by atoms with E-state index in [9.17, 15) is 14.7 Å². The Morgan fingerprint density at radius 1 is 1.10 bits per heavy atom. The number of phenols is 1. The molecule has 108 valence electrons. The highest BCUT2D eigenvalue weighted by atomic mass is 16.4. The second-order valence-corrected chi connectivity index (χ2v) is 4.75. The van der Waals surface area contributed by atoms with Crippen molar-refractivity contribution in [1.29, 1.82) is 0 Å². The van der Waals surface area contributed by atoms with Crippen LogP contribution in [0.1, 0.15) is 21.5 Å². The maximum Gasteiger partial charge on any atom is 0.335 e. The van der Waals surface area contributed by atoms with Gasteiger partial charge in [0.25, 0.3) is 0 Å². The molecule has 0 aromatic heterocycles. The lowest BCUT2D eigenvalue weighted by Gasteiger charge is -2.08. The minimum absolute atomic E-state index is 0.0379. The summed E-state index contributed by atoms with van der Waals surface area (Å²) in [5, 5.41) is 21.1. The molecule has 0 fully saturated rings. The molecular weight excluding hydrogens is 270 g/mol. The summed E-state index contributed by atoms with van der Waals surface area (Å²) in [6, 6.07) is 11.4. The van der Waals surface area contributed by atoms with Gasteiger partial charge in [0.2, 0.25) is 5.91 Å². The van der Waals surface area contributed by atoms with E-state index in [2.05, 4.69) is 5.32 Å². The Bertz CT molecular complexity index is 677. The van der Waals surface area contributed by atoms with Crippen molar-refractivity contribution < 1.29 is 19.8 Å². The molecule has 5 heteroatoms. The number of benzene rings is 2. The van der Waals surface area contributed by atoms with E-state index in [1.807, 2.05) is 31.2 Å². The van der Waals surface area contributed by atoms with E-state index in [4.69, 9.17) is 5.11 Å². The Morgan fingerprint density at radius 2 is 1.76 bits per heavy atom. The first-order valence-corrected chi connectivity index (χ1v) is 6.37. The second kappa shape index (κ2) is 6.09. The van der Waals surface area contributed by atoms with Gasteiger partial charge in [0, 0.05) is 0 Å². The Kier molecular flexibility index (Phi) is 4.23. The van der Waals surface area contributed by atoms with Crippen LogP contribution in [0.5, 0.6) is 5.75 Å². The van der Waals surface area contributed by atoms with Crippen LogP contribution in [0.15, 0.2) is 42.5 Å². The van der Waals surface area contributed by atoms with E-state index in [1.165, 1.54) is 12.1 Å². The van der Waals surface area contributed by atoms with Crippen molar-refractivity contribution in [2.75, 3.05) is 5.32 Å². The molecule has 3 N–H and O–H groups in total. The van der Waals surface area contributed by atoms with Crippen LogP contribution in [0.3, 0.4) is 0 Å². The zero-order valence-corrected chi connectivity index (χ0v) is 11.5. The molecule has 2 rings (SSSR count). The summed E-state index contributed by atoms with van der Waals surface area (Å²) in [4.78, 5) is 22.7. The fraction of sp³-hybridized carbons (Fsp3) is 0.125. The molecule has 0 unspecified atom stereocenters. The topological polar surface area (TPSA) is 86.6 Å². The van der Waals surface area contributed by atoms with E-state index in [-0.39, 0.29) is 29.3 Å². The molecule has 0 saturated heterocycles. The summed E-state index contributed by atoms with van der Waals surface area (Å²) in [7, 11) is 0. The van der Waals surface area contributed by atoms with Crippen LogP contribution in [-0.4, -0.2) is 22.1 Å². The third kappa shape index (κ3) is 3.82. The van der Waals surface area contributed by atoms with Gasteiger partial charge >= 0.3 is 5.97 Å². The quantitative estimate of drug-likeness (QED) is 0.753. The number of carbonyl (C=O) groups excluding carboxylic acids is 1. The fourth-order valence-corrected chi connectivity index (χ4v) is 1.86. The number of hydrogen-bond acceptors (Lipinski definition) is 3. The van der Waals surface area contributed by atoms with Gasteiger partial charge in [-0.3, -0.25) is 4.79 Å². The van der Waals surface area contributed by atoms with Crippen molar-refractivity contribution >= 4 is 17.6 Å². The maximum absolute atomic E-state index is 11.9. The van der Waals surface area contributed by atoms with Crippen molar-refractivity contribution in [2.24, 2.45) is 0 Å². The summed E-state index contributed by atoms with van der Waals surface area (Å²) in [5.74, 6) is -1.69. The van der Waals surface area contributed by atoms with Crippen molar-refractivity contribution in [3.8, 4) is 5.75 Å². The standard InChI is InChI=1S/C16H15NO4/c1-10-2-4-11(5-3-10)8-15(19)17-13-7-6-12(16(20)21)9-14(13)18/h2-7,9,18H,8H2,1H3,(H,17,19)(H,20,21). The molecule has 1 amide bonds. The Labute approximate surface area is 121 Å². The average Bonchev–Trinajstić information content (AvgIpc) is 2.43. The largest absolute Gasteiger partial charge is 0.506 e. The van der Waals surface area contributed by atoms with Gasteiger partial charge in [0.05, 0.1) is 17.7 Å². The van der Waals surface area contributed by atoms with Gasteiger partial charge < -0.3 is 15.5 Å². The highest BCUT2D eigenvalue weighted by Crippen LogP contribution is 2.24. The molecule has 0 bridgehead atoms. The van der Waals surface area contributed by atoms with Gasteiger partial charge in [-0.15, -0.1) is 0 Å². The Balaban J connectivity index is 2.06. The van der Waals surface area contributed by atoms with Crippen LogP contribution in [-0.2, 0) is 11.2 Å². The van der Waals surface area contributed by atoms with Crippen LogP contribution in [0.2, 0.25) is 0 Å². The summed E-state index contributed by atoms with van der Waals surface area (Å²) < 4.78 is 0. The molecule has 0 saturated carbocycles. The first-order valence-electron chi connectivity index (χ1n) is 6.37. The molecule has 0 spiro atoms. The number of aromatic carboxylic acids is 1. The number of phenolic OH excluding ortho intramolecular Hbond substituents is 1. The maximum atomic E-state index is 11.9. The van der Waals surface area contributed by atoms with Gasteiger partial charge in [-0.25, -0.2) is 4.79 Å². The number of carboxylic acid groups (broad SMARTS) is 1. The number of hydrogen-bond donors (Lipinski definition) is 3. The highest BCUT2D eigenvalue weighted by molar-refractivity contribution is 5.95. The molecule has 21 heavy (non-hydrogen) atoms. The SMILES string of the molecule is Cc1ccc(CC(=O)Nc2ccc(C(=O)O)cc2O)cc1. The molecule has 0 radical (unpaired) electrons. The van der Waals surface area contributed by atoms with E-state index >= 15 is 0 Å². The van der Waals surface area contributed by atoms with Gasteiger partial charge in [0.1, 0.15) is 5.75 Å². The molecule has 0 aliphatic rings. The lowest BCUT2D eigenvalue weighted by molar-refractivity contribution is -0.115. The molecular formula is C16H15NO4. The predicted molar refractivity (Wildman–Crippen MR) is 78.6 cm³/mol. The minimum atomic E-state index is -1.14. The van der Waals surface area contributed by atoms with Crippen molar-refractivity contribution in [2.45, 2.75) is 13.3 Å². The normalized spacial score (nSPS) is 10.1. The smallest absolute Gasteiger partial charge is 0.335 e. The zero-order chi connectivity index (χ0) is 15.4. The average molecular weight is 285 g/mol. The third-order valence-corrected chi connectivity index (χ3v) is 3.00. The number of carbonyl (C=O) groups is 2. The molecule has 0 heterocycles. The fourth-order valence-electron chi connectivity index (χ4n) is 1.86. The number of carboxylic acids is 1. The van der Waals surface area contributed by atoms with E-state index in [0.717, 1.165) is 17.2 Å². The lowest BCUT2D eigenvalue weighted by Crippen LogP contribution is -2.14. The number of aromatic hydroxyl groups is 1. The van der Waals surface area contributed by atoms with Crippen molar-refractivity contribution in [3.63, 3.8) is 0 Å². The molecule has 2 aromatic carbocycles. The zero-order valence-electron chi connectivity index (χ0n) is 11.5. The number of amides is 1. The molecule has 5 nitrogen and oxygen atoms in total. The molecule has 0 atom stereocenters. The first-order chi connectivity index (χ1) is 9.95. The van der Waals surface area contributed by atoms with Crippen molar-refractivity contribution in [1.82, 2.24) is 0 Å². The third-order valence-electron chi connectivity index (χ3n) is 3.00. The predicted octanol–water partition coefficient (Wildman–Crippen LogP) is 2.58. The number of aryl methyl sites for hydroxylation is 1. The Hall–Kier alpha value is -2.82. The van der Waals surface area contributed by atoms with E-state index in [1.54, 1.807) is 0 Å². The summed E-state index contributed by atoms with van der Waals surface area (Å²) in [6.07, 6.45) is 0.181. The van der Waals surface area contributed by atoms with Gasteiger partial charge in [-0.1, -0.05) is 29.8 Å². The second-order valence-electron chi connectivity index (χ2n) is 4.75. The first kappa shape index (κ1) is 14.6. The monoisotopic (exact) mass is 285 g/mol. The molecule has 2 aromatic rings. The van der Waals surface area contributed by atoms with Gasteiger partial charge in [0.15, 0.2) is 0 Å². The highest BCUT2D eigenvalue weighted by Gasteiger charge is 2.10. The van der Waals surface area contributed by atoms with Gasteiger partial charge in [-0.2, -0.15) is 0 Å². The van der Waals surface area contributed by atoms with Crippen LogP contribution in [0.4, 0.5) is 5.69 Å². The number of rotatable bonds is 4. The number of anilines is 1. The number of nitrogens with one attached hydrogen (secondary N) is 1. The summed E-state index contributed by atoms with van der Waals surface area (Å²) in [6.45, 7) is 1.96. The van der Waals surface area contributed by atoms with Crippen LogP contribution >= 0.6 is 0 Å². The molecule has 0 aliphatic carbocycles. The lowest BCUT2D eigenvalue weighted by atomic mass is 10.1. The minimum Gasteiger partial charge on any atom is -0.506 e. The molecule has 0 aliphatic heterocycles. The Morgan fingerprint density at radius 3 is 2.33 bits per heavy atom. The summed E-state index contributed by atoms with van der Waals surface area (Å²) >= 11 is 0. The van der Waals surface area contributed by atoms with Crippen LogP contribution in [0.25, 0.3) is 0 Å². The van der Waals surface area contributed by atoms with E-state index < -0.39 is 5.97 Å². The van der Waals surface area contributed by atoms with E-state index in [0.29, 0.717) is 0 Å². The van der Waals surface area contributed by atoms with Crippen LogP contribution < -0.4 is 5.32 Å².